The molecule has 2 atom stereocenters. The Hall–Kier alpha value is -3.54. The standard InChI is InChI=1S/C29H42N4O5/c1-6-8-18-33(27(36)23(19-24(30)34)32-28(37)38-29(3,4)5)25(21-16-14-20(7-2)15-17-21)26(35)31-22-12-10-9-11-13-22/h2,14-17,22-23,25H,6,8-13,18-19H2,1,3-5H3,(H2,30,34)(H,31,35)(H,32,37). The average Bonchev–Trinajstić information content (AvgIpc) is 2.85. The normalized spacial score (nSPS) is 15.4. The molecule has 0 heterocycles. The van der Waals surface area contributed by atoms with Crippen LogP contribution in [0.5, 0.6) is 0 Å². The summed E-state index contributed by atoms with van der Waals surface area (Å²) in [5, 5.41) is 5.63. The Kier molecular flexibility index (Phi) is 11.6. The van der Waals surface area contributed by atoms with Gasteiger partial charge < -0.3 is 26.0 Å². The summed E-state index contributed by atoms with van der Waals surface area (Å²) < 4.78 is 5.31. The van der Waals surface area contributed by atoms with Crippen LogP contribution in [0.1, 0.15) is 96.2 Å². The Morgan fingerprint density at radius 2 is 1.76 bits per heavy atom. The number of amides is 4. The molecular weight excluding hydrogens is 484 g/mol. The van der Waals surface area contributed by atoms with Gasteiger partial charge in [-0.15, -0.1) is 6.42 Å². The average molecular weight is 527 g/mol. The van der Waals surface area contributed by atoms with Crippen LogP contribution in [0.2, 0.25) is 0 Å². The van der Waals surface area contributed by atoms with E-state index in [1.807, 2.05) is 6.92 Å². The van der Waals surface area contributed by atoms with Crippen molar-refractivity contribution in [1.29, 1.82) is 0 Å². The number of rotatable bonds is 11. The van der Waals surface area contributed by atoms with E-state index in [2.05, 4.69) is 16.6 Å². The maximum absolute atomic E-state index is 14.0. The molecule has 9 nitrogen and oxygen atoms in total. The van der Waals surface area contributed by atoms with E-state index in [9.17, 15) is 19.2 Å². The first-order valence-corrected chi connectivity index (χ1v) is 13.4. The number of alkyl carbamates (subject to hydrolysis) is 1. The molecule has 4 N–H and O–H groups in total. The molecule has 1 aromatic rings. The predicted octanol–water partition coefficient (Wildman–Crippen LogP) is 3.56. The third kappa shape index (κ3) is 9.73. The molecule has 1 fully saturated rings. The van der Waals surface area contributed by atoms with Crippen LogP contribution in [0, 0.1) is 12.3 Å². The second-order valence-corrected chi connectivity index (χ2v) is 10.8. The molecular formula is C29H42N4O5. The maximum atomic E-state index is 14.0. The minimum Gasteiger partial charge on any atom is -0.444 e. The highest BCUT2D eigenvalue weighted by Gasteiger charge is 2.37. The van der Waals surface area contributed by atoms with Crippen molar-refractivity contribution in [3.63, 3.8) is 0 Å². The number of terminal acetylenes is 1. The summed E-state index contributed by atoms with van der Waals surface area (Å²) >= 11 is 0. The van der Waals surface area contributed by atoms with Crippen molar-refractivity contribution in [2.45, 2.75) is 103 Å². The van der Waals surface area contributed by atoms with Crippen LogP contribution in [0.25, 0.3) is 0 Å². The van der Waals surface area contributed by atoms with Gasteiger partial charge in [0.25, 0.3) is 0 Å². The van der Waals surface area contributed by atoms with Crippen LogP contribution < -0.4 is 16.4 Å². The Bertz CT molecular complexity index is 1000. The summed E-state index contributed by atoms with van der Waals surface area (Å²) in [6, 6.07) is 4.64. The molecule has 1 aliphatic rings. The highest BCUT2D eigenvalue weighted by Crippen LogP contribution is 2.26. The molecule has 4 amide bonds. The lowest BCUT2D eigenvalue weighted by molar-refractivity contribution is -0.143. The molecule has 1 saturated carbocycles. The molecule has 0 bridgehead atoms. The zero-order valence-corrected chi connectivity index (χ0v) is 23.0. The number of carbonyl (C=O) groups is 4. The molecule has 1 aromatic carbocycles. The molecule has 38 heavy (non-hydrogen) atoms. The number of hydrogen-bond donors (Lipinski definition) is 3. The maximum Gasteiger partial charge on any atom is 0.408 e. The molecule has 208 valence electrons. The van der Waals surface area contributed by atoms with Crippen molar-refractivity contribution in [2.75, 3.05) is 6.54 Å². The fourth-order valence-corrected chi connectivity index (χ4v) is 4.51. The van der Waals surface area contributed by atoms with Crippen molar-refractivity contribution in [1.82, 2.24) is 15.5 Å². The molecule has 0 spiro atoms. The summed E-state index contributed by atoms with van der Waals surface area (Å²) in [6.45, 7) is 7.28. The molecule has 2 unspecified atom stereocenters. The number of benzene rings is 1. The number of nitrogens with one attached hydrogen (secondary N) is 2. The fourth-order valence-electron chi connectivity index (χ4n) is 4.51. The van der Waals surface area contributed by atoms with Crippen molar-refractivity contribution in [3.05, 3.63) is 35.4 Å². The van der Waals surface area contributed by atoms with Gasteiger partial charge in [0.05, 0.1) is 6.42 Å². The lowest BCUT2D eigenvalue weighted by Gasteiger charge is -2.35. The van der Waals surface area contributed by atoms with E-state index in [4.69, 9.17) is 16.9 Å². The van der Waals surface area contributed by atoms with Gasteiger partial charge in [-0.2, -0.15) is 0 Å². The van der Waals surface area contributed by atoms with Gasteiger partial charge in [0.1, 0.15) is 17.7 Å². The van der Waals surface area contributed by atoms with E-state index in [0.29, 0.717) is 17.5 Å². The summed E-state index contributed by atoms with van der Waals surface area (Å²) in [5.41, 5.74) is 5.85. The monoisotopic (exact) mass is 526 g/mol. The van der Waals surface area contributed by atoms with E-state index in [1.54, 1.807) is 45.0 Å². The van der Waals surface area contributed by atoms with Crippen LogP contribution in [0.3, 0.4) is 0 Å². The molecule has 2 rings (SSSR count). The summed E-state index contributed by atoms with van der Waals surface area (Å²) in [6.07, 6.45) is 10.6. The Labute approximate surface area is 226 Å². The van der Waals surface area contributed by atoms with E-state index in [0.717, 1.165) is 38.5 Å². The Balaban J connectivity index is 2.47. The molecule has 0 saturated heterocycles. The smallest absolute Gasteiger partial charge is 0.408 e. The SMILES string of the molecule is C#Cc1ccc(C(C(=O)NC2CCCCC2)N(CCCC)C(=O)C(CC(N)=O)NC(=O)OC(C)(C)C)cc1. The van der Waals surface area contributed by atoms with E-state index < -0.39 is 42.0 Å². The number of nitrogens with zero attached hydrogens (tertiary/aromatic N) is 1. The van der Waals surface area contributed by atoms with Gasteiger partial charge in [0.15, 0.2) is 0 Å². The van der Waals surface area contributed by atoms with Crippen LogP contribution in [-0.4, -0.2) is 52.9 Å². The first-order chi connectivity index (χ1) is 17.9. The minimum atomic E-state index is -1.30. The minimum absolute atomic E-state index is 0.0214. The zero-order chi connectivity index (χ0) is 28.3. The molecule has 0 aromatic heterocycles. The quantitative estimate of drug-likeness (QED) is 0.380. The van der Waals surface area contributed by atoms with Crippen LogP contribution in [0.15, 0.2) is 24.3 Å². The Morgan fingerprint density at radius 1 is 1.13 bits per heavy atom. The van der Waals surface area contributed by atoms with Crippen molar-refractivity contribution in [2.24, 2.45) is 5.73 Å². The molecule has 0 aliphatic heterocycles. The largest absolute Gasteiger partial charge is 0.444 e. The van der Waals surface area contributed by atoms with Crippen LogP contribution in [0.4, 0.5) is 4.79 Å². The molecule has 9 heteroatoms. The van der Waals surface area contributed by atoms with Gasteiger partial charge in [-0.25, -0.2) is 4.79 Å². The number of primary amides is 1. The number of hydrogen-bond acceptors (Lipinski definition) is 5. The van der Waals surface area contributed by atoms with Gasteiger partial charge in [-0.3, -0.25) is 14.4 Å². The van der Waals surface area contributed by atoms with Crippen LogP contribution in [-0.2, 0) is 19.1 Å². The molecule has 0 radical (unpaired) electrons. The second-order valence-electron chi connectivity index (χ2n) is 10.8. The first-order valence-electron chi connectivity index (χ1n) is 13.4. The summed E-state index contributed by atoms with van der Waals surface area (Å²) in [4.78, 5) is 53.6. The summed E-state index contributed by atoms with van der Waals surface area (Å²) in [5.74, 6) is 0.888. The number of unbranched alkanes of at least 4 members (excludes halogenated alkanes) is 1. The third-order valence-electron chi connectivity index (χ3n) is 6.33. The van der Waals surface area contributed by atoms with Crippen molar-refractivity contribution in [3.8, 4) is 12.3 Å². The first kappa shape index (κ1) is 30.7. The van der Waals surface area contributed by atoms with Gasteiger partial charge in [0, 0.05) is 18.2 Å². The van der Waals surface area contributed by atoms with E-state index in [-0.39, 0.29) is 18.5 Å². The second kappa shape index (κ2) is 14.4. The van der Waals surface area contributed by atoms with E-state index >= 15 is 0 Å². The topological polar surface area (TPSA) is 131 Å². The zero-order valence-electron chi connectivity index (χ0n) is 23.0. The van der Waals surface area contributed by atoms with Crippen LogP contribution >= 0.6 is 0 Å². The lowest BCUT2D eigenvalue weighted by Crippen LogP contribution is -2.55. The summed E-state index contributed by atoms with van der Waals surface area (Å²) in [7, 11) is 0. The Morgan fingerprint density at radius 3 is 2.29 bits per heavy atom. The van der Waals surface area contributed by atoms with Gasteiger partial charge in [-0.05, 0) is 57.7 Å². The molecule has 1 aliphatic carbocycles. The van der Waals surface area contributed by atoms with Crippen molar-refractivity contribution < 1.29 is 23.9 Å². The lowest BCUT2D eigenvalue weighted by atomic mass is 9.94. The predicted molar refractivity (Wildman–Crippen MR) is 146 cm³/mol. The highest BCUT2D eigenvalue weighted by atomic mass is 16.6. The number of nitrogens with two attached hydrogens (primary N) is 1. The van der Waals surface area contributed by atoms with Crippen molar-refractivity contribution >= 4 is 23.8 Å². The van der Waals surface area contributed by atoms with Gasteiger partial charge in [0.2, 0.25) is 17.7 Å². The third-order valence-corrected chi connectivity index (χ3v) is 6.33. The van der Waals surface area contributed by atoms with E-state index in [1.165, 1.54) is 4.90 Å². The highest BCUT2D eigenvalue weighted by molar-refractivity contribution is 5.94. The fraction of sp³-hybridized carbons (Fsp3) is 0.586. The number of ether oxygens (including phenoxy) is 1. The number of carbonyl (C=O) groups excluding carboxylic acids is 4. The van der Waals surface area contributed by atoms with Gasteiger partial charge in [-0.1, -0.05) is 50.7 Å². The van der Waals surface area contributed by atoms with Gasteiger partial charge >= 0.3 is 6.09 Å².